The fourth-order valence-corrected chi connectivity index (χ4v) is 2.78. The van der Waals surface area contributed by atoms with Crippen molar-refractivity contribution in [2.75, 3.05) is 0 Å². The van der Waals surface area contributed by atoms with Crippen LogP contribution in [0.3, 0.4) is 0 Å². The van der Waals surface area contributed by atoms with Crippen molar-refractivity contribution in [1.82, 2.24) is 4.98 Å². The van der Waals surface area contributed by atoms with E-state index in [2.05, 4.69) is 24.9 Å². The van der Waals surface area contributed by atoms with Crippen molar-refractivity contribution in [1.29, 1.82) is 0 Å². The van der Waals surface area contributed by atoms with Crippen LogP contribution in [0.2, 0.25) is 0 Å². The van der Waals surface area contributed by atoms with Gasteiger partial charge in [0, 0.05) is 17.9 Å². The monoisotopic (exact) mass is 204 g/mol. The summed E-state index contributed by atoms with van der Waals surface area (Å²) in [5.41, 5.74) is 8.11. The van der Waals surface area contributed by atoms with Gasteiger partial charge in [0.25, 0.3) is 0 Å². The molecule has 1 aromatic rings. The van der Waals surface area contributed by atoms with Gasteiger partial charge in [-0.1, -0.05) is 19.9 Å². The van der Waals surface area contributed by atoms with Crippen LogP contribution in [-0.4, -0.2) is 10.5 Å². The Morgan fingerprint density at radius 2 is 2.20 bits per heavy atom. The van der Waals surface area contributed by atoms with Crippen LogP contribution < -0.4 is 5.73 Å². The largest absolute Gasteiger partial charge is 0.325 e. The third-order valence-electron chi connectivity index (χ3n) is 3.41. The Balaban J connectivity index is 2.07. The number of pyridine rings is 1. The van der Waals surface area contributed by atoms with Crippen molar-refractivity contribution >= 4 is 0 Å². The fourth-order valence-electron chi connectivity index (χ4n) is 2.78. The molecular formula is C13H20N2. The van der Waals surface area contributed by atoms with E-state index < -0.39 is 0 Å². The van der Waals surface area contributed by atoms with Gasteiger partial charge in [-0.3, -0.25) is 4.98 Å². The Hall–Kier alpha value is -0.890. The predicted molar refractivity (Wildman–Crippen MR) is 62.5 cm³/mol. The second-order valence-electron chi connectivity index (χ2n) is 5.74. The van der Waals surface area contributed by atoms with Crippen molar-refractivity contribution in [2.45, 2.75) is 45.1 Å². The van der Waals surface area contributed by atoms with E-state index in [1.807, 2.05) is 18.5 Å². The van der Waals surface area contributed by atoms with Crippen LogP contribution in [0.1, 0.15) is 38.7 Å². The second-order valence-corrected chi connectivity index (χ2v) is 5.74. The summed E-state index contributed by atoms with van der Waals surface area (Å²) in [4.78, 5) is 4.14. The molecular weight excluding hydrogens is 184 g/mol. The Labute approximate surface area is 91.9 Å². The standard InChI is InChI=1S/C13H20N2/c1-12(2)5-6-13(14,10-12)8-11-4-3-7-15-9-11/h3-4,7,9H,5-6,8,10,14H2,1-2H3. The Bertz CT molecular complexity index is 332. The molecule has 1 fully saturated rings. The van der Waals surface area contributed by atoms with E-state index in [1.165, 1.54) is 12.0 Å². The van der Waals surface area contributed by atoms with Gasteiger partial charge in [0.05, 0.1) is 0 Å². The van der Waals surface area contributed by atoms with Crippen LogP contribution in [0, 0.1) is 5.41 Å². The molecule has 0 radical (unpaired) electrons. The zero-order valence-electron chi connectivity index (χ0n) is 9.66. The molecule has 0 aliphatic heterocycles. The normalized spacial score (nSPS) is 29.3. The van der Waals surface area contributed by atoms with Crippen molar-refractivity contribution in [3.63, 3.8) is 0 Å². The second kappa shape index (κ2) is 3.60. The molecule has 0 aromatic carbocycles. The van der Waals surface area contributed by atoms with Gasteiger partial charge in [0.15, 0.2) is 0 Å². The maximum Gasteiger partial charge on any atom is 0.0300 e. The van der Waals surface area contributed by atoms with E-state index in [0.29, 0.717) is 5.41 Å². The number of nitrogens with zero attached hydrogens (tertiary/aromatic N) is 1. The summed E-state index contributed by atoms with van der Waals surface area (Å²) in [5.74, 6) is 0. The smallest absolute Gasteiger partial charge is 0.0300 e. The Kier molecular flexibility index (Phi) is 2.55. The summed E-state index contributed by atoms with van der Waals surface area (Å²) in [6.45, 7) is 4.62. The highest BCUT2D eigenvalue weighted by Gasteiger charge is 2.40. The molecule has 1 heterocycles. The zero-order chi connectivity index (χ0) is 10.9. The van der Waals surface area contributed by atoms with Gasteiger partial charge in [0.1, 0.15) is 0 Å². The van der Waals surface area contributed by atoms with Crippen molar-refractivity contribution in [3.8, 4) is 0 Å². The van der Waals surface area contributed by atoms with E-state index in [-0.39, 0.29) is 5.54 Å². The molecule has 82 valence electrons. The van der Waals surface area contributed by atoms with Gasteiger partial charge >= 0.3 is 0 Å². The first-order chi connectivity index (χ1) is 6.99. The molecule has 1 saturated carbocycles. The molecule has 2 N–H and O–H groups in total. The first kappa shape index (κ1) is 10.6. The summed E-state index contributed by atoms with van der Waals surface area (Å²) >= 11 is 0. The molecule has 2 heteroatoms. The van der Waals surface area contributed by atoms with Gasteiger partial charge in [0.2, 0.25) is 0 Å². The lowest BCUT2D eigenvalue weighted by Gasteiger charge is -2.26. The summed E-state index contributed by atoms with van der Waals surface area (Å²) in [5, 5.41) is 0. The highest BCUT2D eigenvalue weighted by atomic mass is 14.8. The minimum atomic E-state index is -0.00741. The topological polar surface area (TPSA) is 38.9 Å². The molecule has 1 unspecified atom stereocenters. The SMILES string of the molecule is CC1(C)CCC(N)(Cc2cccnc2)C1. The molecule has 1 aromatic heterocycles. The molecule has 2 nitrogen and oxygen atoms in total. The first-order valence-corrected chi connectivity index (χ1v) is 5.67. The summed E-state index contributed by atoms with van der Waals surface area (Å²) in [6.07, 6.45) is 8.20. The minimum absolute atomic E-state index is 0.00741. The fraction of sp³-hybridized carbons (Fsp3) is 0.615. The van der Waals surface area contributed by atoms with E-state index >= 15 is 0 Å². The molecule has 0 bridgehead atoms. The molecule has 0 saturated heterocycles. The molecule has 0 spiro atoms. The molecule has 2 rings (SSSR count). The number of rotatable bonds is 2. The lowest BCUT2D eigenvalue weighted by molar-refractivity contribution is 0.334. The Morgan fingerprint density at radius 1 is 1.40 bits per heavy atom. The lowest BCUT2D eigenvalue weighted by Crippen LogP contribution is -2.40. The third-order valence-corrected chi connectivity index (χ3v) is 3.41. The first-order valence-electron chi connectivity index (χ1n) is 5.67. The van der Waals surface area contributed by atoms with Crippen LogP contribution in [0.4, 0.5) is 0 Å². The molecule has 1 atom stereocenters. The predicted octanol–water partition coefficient (Wildman–Crippen LogP) is 2.53. The van der Waals surface area contributed by atoms with Gasteiger partial charge in [-0.25, -0.2) is 0 Å². The molecule has 1 aliphatic rings. The van der Waals surface area contributed by atoms with E-state index in [1.54, 1.807) is 0 Å². The van der Waals surface area contributed by atoms with Gasteiger partial charge in [-0.15, -0.1) is 0 Å². The maximum atomic E-state index is 6.44. The van der Waals surface area contributed by atoms with Crippen molar-refractivity contribution in [2.24, 2.45) is 11.1 Å². The van der Waals surface area contributed by atoms with Crippen LogP contribution in [0.15, 0.2) is 24.5 Å². The van der Waals surface area contributed by atoms with E-state index in [0.717, 1.165) is 19.3 Å². The summed E-state index contributed by atoms with van der Waals surface area (Å²) < 4.78 is 0. The van der Waals surface area contributed by atoms with Gasteiger partial charge < -0.3 is 5.73 Å². The van der Waals surface area contributed by atoms with E-state index in [4.69, 9.17) is 5.73 Å². The number of aromatic nitrogens is 1. The molecule has 15 heavy (non-hydrogen) atoms. The number of nitrogens with two attached hydrogens (primary N) is 1. The molecule has 0 amide bonds. The van der Waals surface area contributed by atoms with Crippen LogP contribution in [0.25, 0.3) is 0 Å². The number of hydrogen-bond acceptors (Lipinski definition) is 2. The number of hydrogen-bond donors (Lipinski definition) is 1. The quantitative estimate of drug-likeness (QED) is 0.804. The third kappa shape index (κ3) is 2.57. The average molecular weight is 204 g/mol. The molecule has 1 aliphatic carbocycles. The summed E-state index contributed by atoms with van der Waals surface area (Å²) in [7, 11) is 0. The van der Waals surface area contributed by atoms with Crippen molar-refractivity contribution in [3.05, 3.63) is 30.1 Å². The van der Waals surface area contributed by atoms with E-state index in [9.17, 15) is 0 Å². The maximum absolute atomic E-state index is 6.44. The Morgan fingerprint density at radius 3 is 2.73 bits per heavy atom. The lowest BCUT2D eigenvalue weighted by atomic mass is 9.85. The summed E-state index contributed by atoms with van der Waals surface area (Å²) in [6, 6.07) is 4.10. The highest BCUT2D eigenvalue weighted by Crippen LogP contribution is 2.43. The minimum Gasteiger partial charge on any atom is -0.325 e. The zero-order valence-corrected chi connectivity index (χ0v) is 9.66. The highest BCUT2D eigenvalue weighted by molar-refractivity contribution is 5.14. The van der Waals surface area contributed by atoms with Gasteiger partial charge in [-0.2, -0.15) is 0 Å². The van der Waals surface area contributed by atoms with Crippen LogP contribution >= 0.6 is 0 Å². The average Bonchev–Trinajstić information content (AvgIpc) is 2.42. The van der Waals surface area contributed by atoms with Crippen molar-refractivity contribution < 1.29 is 0 Å². The van der Waals surface area contributed by atoms with Crippen LogP contribution in [-0.2, 0) is 6.42 Å². The van der Waals surface area contributed by atoms with Gasteiger partial charge in [-0.05, 0) is 42.7 Å². The van der Waals surface area contributed by atoms with Crippen LogP contribution in [0.5, 0.6) is 0 Å².